The van der Waals surface area contributed by atoms with Gasteiger partial charge in [0.25, 0.3) is 0 Å². The molecule has 0 amide bonds. The number of nitrogens with zero attached hydrogens (tertiary/aromatic N) is 2. The van der Waals surface area contributed by atoms with Crippen molar-refractivity contribution in [1.82, 2.24) is 9.88 Å². The number of aromatic nitrogens is 1. The molecule has 3 heterocycles. The molecule has 1 atom stereocenters. The number of thiazole rings is 1. The molecule has 0 N–H and O–H groups in total. The van der Waals surface area contributed by atoms with Gasteiger partial charge in [-0.15, -0.1) is 22.7 Å². The lowest BCUT2D eigenvalue weighted by molar-refractivity contribution is -0.0125. The third-order valence-electron chi connectivity index (χ3n) is 3.39. The number of hydrogen-bond donors (Lipinski definition) is 0. The molecule has 3 rings (SSSR count). The van der Waals surface area contributed by atoms with E-state index in [1.807, 2.05) is 29.1 Å². The van der Waals surface area contributed by atoms with E-state index in [1.165, 1.54) is 11.3 Å². The van der Waals surface area contributed by atoms with Crippen molar-refractivity contribution in [1.29, 1.82) is 0 Å². The Kier molecular flexibility index (Phi) is 4.57. The monoisotopic (exact) mass is 308 g/mol. The molecule has 6 heteroatoms. The normalized spacial score (nSPS) is 20.1. The van der Waals surface area contributed by atoms with Gasteiger partial charge in [0.1, 0.15) is 5.01 Å². The van der Waals surface area contributed by atoms with Crippen molar-refractivity contribution in [3.8, 4) is 0 Å². The minimum atomic E-state index is 0.155. The number of ether oxygens (including phenoxy) is 1. The van der Waals surface area contributed by atoms with Crippen LogP contribution in [0.25, 0.3) is 0 Å². The van der Waals surface area contributed by atoms with E-state index in [9.17, 15) is 4.79 Å². The van der Waals surface area contributed by atoms with Crippen LogP contribution in [0.3, 0.4) is 0 Å². The van der Waals surface area contributed by atoms with Crippen LogP contribution < -0.4 is 0 Å². The second-order valence-corrected chi connectivity index (χ2v) is 6.66. The predicted molar refractivity (Wildman–Crippen MR) is 80.4 cm³/mol. The minimum absolute atomic E-state index is 0.155. The van der Waals surface area contributed by atoms with Crippen LogP contribution in [0.15, 0.2) is 29.1 Å². The molecule has 0 bridgehead atoms. The summed E-state index contributed by atoms with van der Waals surface area (Å²) in [6, 6.07) is 3.96. The molecule has 2 aromatic heterocycles. The van der Waals surface area contributed by atoms with Gasteiger partial charge in [-0.25, -0.2) is 4.98 Å². The first kappa shape index (κ1) is 13.9. The first-order chi connectivity index (χ1) is 9.83. The SMILES string of the molecule is O=C(C[C@H]1COCCN1Cc1nccs1)c1cccs1. The summed E-state index contributed by atoms with van der Waals surface area (Å²) in [7, 11) is 0. The van der Waals surface area contributed by atoms with Gasteiger partial charge < -0.3 is 4.74 Å². The number of thiophene rings is 1. The van der Waals surface area contributed by atoms with E-state index in [4.69, 9.17) is 4.74 Å². The van der Waals surface area contributed by atoms with Crippen LogP contribution in [0.4, 0.5) is 0 Å². The molecule has 0 saturated carbocycles. The maximum absolute atomic E-state index is 12.2. The third-order valence-corrected chi connectivity index (χ3v) is 5.06. The fourth-order valence-corrected chi connectivity index (χ4v) is 3.66. The van der Waals surface area contributed by atoms with E-state index in [1.54, 1.807) is 11.3 Å². The van der Waals surface area contributed by atoms with Crippen molar-refractivity contribution >= 4 is 28.5 Å². The number of Topliss-reactive ketones (excluding diaryl/α,β-unsaturated/α-hetero) is 1. The Morgan fingerprint density at radius 3 is 3.15 bits per heavy atom. The first-order valence-electron chi connectivity index (χ1n) is 6.60. The van der Waals surface area contributed by atoms with Gasteiger partial charge in [-0.2, -0.15) is 0 Å². The molecule has 1 aliphatic heterocycles. The molecule has 1 saturated heterocycles. The number of carbonyl (C=O) groups excluding carboxylic acids is 1. The zero-order valence-corrected chi connectivity index (χ0v) is 12.7. The topological polar surface area (TPSA) is 42.4 Å². The van der Waals surface area contributed by atoms with Gasteiger partial charge in [0.05, 0.1) is 24.6 Å². The highest BCUT2D eigenvalue weighted by atomic mass is 32.1. The van der Waals surface area contributed by atoms with Gasteiger partial charge in [-0.05, 0) is 11.4 Å². The van der Waals surface area contributed by atoms with Gasteiger partial charge in [0.2, 0.25) is 0 Å². The Morgan fingerprint density at radius 1 is 1.45 bits per heavy atom. The van der Waals surface area contributed by atoms with Gasteiger partial charge in [-0.1, -0.05) is 6.07 Å². The predicted octanol–water partition coefficient (Wildman–Crippen LogP) is 2.68. The van der Waals surface area contributed by atoms with Crippen molar-refractivity contribution in [2.24, 2.45) is 0 Å². The van der Waals surface area contributed by atoms with Crippen LogP contribution in [-0.4, -0.2) is 41.5 Å². The third kappa shape index (κ3) is 3.32. The van der Waals surface area contributed by atoms with E-state index in [2.05, 4.69) is 9.88 Å². The van der Waals surface area contributed by atoms with Gasteiger partial charge in [0, 0.05) is 30.6 Å². The van der Waals surface area contributed by atoms with Crippen molar-refractivity contribution in [3.05, 3.63) is 39.0 Å². The smallest absolute Gasteiger partial charge is 0.174 e. The molecule has 1 fully saturated rings. The van der Waals surface area contributed by atoms with Crippen LogP contribution in [-0.2, 0) is 11.3 Å². The molecule has 0 unspecified atom stereocenters. The maximum Gasteiger partial charge on any atom is 0.174 e. The van der Waals surface area contributed by atoms with Crippen LogP contribution in [0.5, 0.6) is 0 Å². The lowest BCUT2D eigenvalue weighted by atomic mass is 10.1. The van der Waals surface area contributed by atoms with E-state index in [0.717, 1.165) is 29.6 Å². The Labute approximate surface area is 126 Å². The summed E-state index contributed by atoms with van der Waals surface area (Å²) in [6.45, 7) is 3.03. The molecule has 0 radical (unpaired) electrons. The van der Waals surface area contributed by atoms with E-state index in [0.29, 0.717) is 13.0 Å². The Balaban J connectivity index is 1.64. The Hall–Kier alpha value is -1.08. The average Bonchev–Trinajstić information content (AvgIpc) is 3.13. The Morgan fingerprint density at radius 2 is 2.40 bits per heavy atom. The summed E-state index contributed by atoms with van der Waals surface area (Å²) >= 11 is 3.17. The van der Waals surface area contributed by atoms with Crippen molar-refractivity contribution < 1.29 is 9.53 Å². The molecule has 0 aliphatic carbocycles. The van der Waals surface area contributed by atoms with Crippen LogP contribution >= 0.6 is 22.7 Å². The summed E-state index contributed by atoms with van der Waals surface area (Å²) in [5.41, 5.74) is 0. The van der Waals surface area contributed by atoms with E-state index in [-0.39, 0.29) is 11.8 Å². The average molecular weight is 308 g/mol. The number of morpholine rings is 1. The number of carbonyl (C=O) groups is 1. The number of ketones is 1. The van der Waals surface area contributed by atoms with Crippen molar-refractivity contribution in [3.63, 3.8) is 0 Å². The molecule has 106 valence electrons. The maximum atomic E-state index is 12.2. The fraction of sp³-hybridized carbons (Fsp3) is 0.429. The van der Waals surface area contributed by atoms with Crippen LogP contribution in [0.1, 0.15) is 21.1 Å². The molecular weight excluding hydrogens is 292 g/mol. The molecule has 0 spiro atoms. The summed E-state index contributed by atoms with van der Waals surface area (Å²) < 4.78 is 5.54. The lowest BCUT2D eigenvalue weighted by Crippen LogP contribution is -2.45. The highest BCUT2D eigenvalue weighted by molar-refractivity contribution is 7.12. The van der Waals surface area contributed by atoms with Crippen LogP contribution in [0, 0.1) is 0 Å². The summed E-state index contributed by atoms with van der Waals surface area (Å²) in [5, 5.41) is 5.03. The van der Waals surface area contributed by atoms with Crippen molar-refractivity contribution in [2.45, 2.75) is 19.0 Å². The fourth-order valence-electron chi connectivity index (χ4n) is 2.34. The van der Waals surface area contributed by atoms with E-state index < -0.39 is 0 Å². The zero-order chi connectivity index (χ0) is 13.8. The molecular formula is C14H16N2O2S2. The molecule has 2 aromatic rings. The summed E-state index contributed by atoms with van der Waals surface area (Å²) in [4.78, 5) is 19.7. The molecule has 4 nitrogen and oxygen atoms in total. The van der Waals surface area contributed by atoms with E-state index >= 15 is 0 Å². The standard InChI is InChI=1S/C14H16N2O2S2/c17-12(13-2-1-6-19-13)8-11-10-18-5-4-16(11)9-14-15-3-7-20-14/h1-3,6-7,11H,4-5,8-10H2/t11-/m0/s1. The highest BCUT2D eigenvalue weighted by Crippen LogP contribution is 2.19. The summed E-state index contributed by atoms with van der Waals surface area (Å²) in [6.07, 6.45) is 2.35. The second-order valence-electron chi connectivity index (χ2n) is 4.73. The lowest BCUT2D eigenvalue weighted by Gasteiger charge is -2.34. The second kappa shape index (κ2) is 6.58. The largest absolute Gasteiger partial charge is 0.378 e. The number of rotatable bonds is 5. The van der Waals surface area contributed by atoms with Crippen LogP contribution in [0.2, 0.25) is 0 Å². The molecule has 0 aromatic carbocycles. The Bertz CT molecular complexity index is 540. The summed E-state index contributed by atoms with van der Waals surface area (Å²) in [5.74, 6) is 0.208. The number of hydrogen-bond acceptors (Lipinski definition) is 6. The van der Waals surface area contributed by atoms with Gasteiger partial charge >= 0.3 is 0 Å². The first-order valence-corrected chi connectivity index (χ1v) is 8.36. The zero-order valence-electron chi connectivity index (χ0n) is 11.0. The molecule has 1 aliphatic rings. The van der Waals surface area contributed by atoms with Gasteiger partial charge in [0.15, 0.2) is 5.78 Å². The minimum Gasteiger partial charge on any atom is -0.378 e. The molecule has 20 heavy (non-hydrogen) atoms. The highest BCUT2D eigenvalue weighted by Gasteiger charge is 2.26. The van der Waals surface area contributed by atoms with Gasteiger partial charge in [-0.3, -0.25) is 9.69 Å². The van der Waals surface area contributed by atoms with Crippen molar-refractivity contribution in [2.75, 3.05) is 19.8 Å². The quantitative estimate of drug-likeness (QED) is 0.797.